The summed E-state index contributed by atoms with van der Waals surface area (Å²) in [5.41, 5.74) is 16.6. The summed E-state index contributed by atoms with van der Waals surface area (Å²) < 4.78 is 27.7. The zero-order valence-electron chi connectivity index (χ0n) is 65.6. The molecule has 6 heterocycles. The number of nitrogens with two attached hydrogens (primary N) is 2. The summed E-state index contributed by atoms with van der Waals surface area (Å²) in [6.07, 6.45) is 3.24. The number of hydrogen-bond donors (Lipinski definition) is 10. The summed E-state index contributed by atoms with van der Waals surface area (Å²) in [5, 5.41) is 66.2. The fourth-order valence-electron chi connectivity index (χ4n) is 18.7. The number of fused-ring (bicyclic) bond motifs is 2. The van der Waals surface area contributed by atoms with E-state index in [-0.39, 0.29) is 110 Å². The Kier molecular flexibility index (Phi) is 25.2. The number of carbonyl (C=O) groups is 9. The zero-order chi connectivity index (χ0) is 82.5. The first-order valence-electron chi connectivity index (χ1n) is 39.4. The number of imide groups is 2. The van der Waals surface area contributed by atoms with Crippen molar-refractivity contribution >= 4 is 91.7 Å². The van der Waals surface area contributed by atoms with Crippen LogP contribution in [-0.2, 0) is 70.8 Å². The number of carbonyl (C=O) groups excluding carboxylic acids is 8. The van der Waals surface area contributed by atoms with Crippen LogP contribution in [0.25, 0.3) is 21.3 Å². The van der Waals surface area contributed by atoms with Crippen LogP contribution < -0.4 is 42.0 Å². The second kappa shape index (κ2) is 35.1. The van der Waals surface area contributed by atoms with Gasteiger partial charge in [0.25, 0.3) is 23.6 Å². The molecule has 4 aliphatic carbocycles. The quantitative estimate of drug-likeness (QED) is 0.0138. The van der Waals surface area contributed by atoms with Gasteiger partial charge in [-0.25, -0.2) is 29.3 Å². The number of aromatic carboxylic acids is 1. The van der Waals surface area contributed by atoms with E-state index in [2.05, 4.69) is 34.8 Å². The summed E-state index contributed by atoms with van der Waals surface area (Å²) in [7, 11) is 0. The van der Waals surface area contributed by atoms with Gasteiger partial charge in [0, 0.05) is 80.2 Å². The third-order valence-electron chi connectivity index (χ3n) is 23.2. The van der Waals surface area contributed by atoms with Crippen LogP contribution in [-0.4, -0.2) is 196 Å². The molecule has 1 saturated heterocycles. The highest BCUT2D eigenvalue weighted by Gasteiger charge is 2.66. The van der Waals surface area contributed by atoms with Gasteiger partial charge in [0.05, 0.1) is 40.9 Å². The van der Waals surface area contributed by atoms with Gasteiger partial charge in [-0.1, -0.05) is 94.0 Å². The number of carboxylic acid groups (broad SMARTS) is 1. The molecule has 31 nitrogen and oxygen atoms in total. The SMILES string of the molecule is Cc1c(-c2ccc(N3CCc4cccc(C(=O)Nc5nc6ccccc6s5)c4C3)nc2C(=O)O)cnn1CC12CC3(C)CC(C)(C1)CC(OCCN(Cc1ccc(O[C@@H]4O[C@H](CO)[C@@H](O)[C@H](O)[C@H]4O)cc1)C(=O)OCc1ccc(N(C(N)=O)C(=O)[C@H](CCCN)NC(=O)[C@@H](NC(=O)CCCCCN4C(=O)C=CC4=O)C(C)C)cc1)(C3)C2. The molecule has 4 aromatic carbocycles. The number of nitrogens with zero attached hydrogens (tertiary/aromatic N) is 8. The Morgan fingerprint density at radius 1 is 0.793 bits per heavy atom. The Labute approximate surface area is 674 Å². The minimum Gasteiger partial charge on any atom is -0.476 e. The van der Waals surface area contributed by atoms with Crippen molar-refractivity contribution in [1.82, 2.24) is 40.2 Å². The molecule has 3 aromatic heterocycles. The number of ether oxygens (including phenoxy) is 4. The predicted octanol–water partition coefficient (Wildman–Crippen LogP) is 7.79. The molecule has 4 saturated carbocycles. The molecule has 0 radical (unpaired) electrons. The molecule has 14 rings (SSSR count). The Hall–Kier alpha value is -10.6. The fraction of sp³-hybridized carbons (Fsp3) is 0.476. The first kappa shape index (κ1) is 83.4. The van der Waals surface area contributed by atoms with Crippen LogP contribution in [0.1, 0.15) is 154 Å². The normalized spacial score (nSPS) is 23.8. The van der Waals surface area contributed by atoms with E-state index in [0.717, 1.165) is 68.9 Å². The first-order chi connectivity index (χ1) is 55.4. The van der Waals surface area contributed by atoms with Crippen molar-refractivity contribution in [3.63, 3.8) is 0 Å². The molecule has 116 heavy (non-hydrogen) atoms. The van der Waals surface area contributed by atoms with Crippen LogP contribution in [0, 0.1) is 29.1 Å². The lowest BCUT2D eigenvalue weighted by molar-refractivity contribution is -0.277. The summed E-state index contributed by atoms with van der Waals surface area (Å²) in [5.74, 6) is -3.99. The van der Waals surface area contributed by atoms with Crippen molar-refractivity contribution in [2.24, 2.45) is 33.6 Å². The van der Waals surface area contributed by atoms with Crippen LogP contribution in [0.2, 0.25) is 0 Å². The molecule has 0 spiro atoms. The molecular weight excluding hydrogens is 1510 g/mol. The number of anilines is 3. The number of aromatic nitrogens is 4. The Bertz CT molecular complexity index is 4810. The van der Waals surface area contributed by atoms with E-state index < -0.39 is 96.7 Å². The van der Waals surface area contributed by atoms with Gasteiger partial charge in [-0.3, -0.25) is 43.7 Å². The van der Waals surface area contributed by atoms with E-state index >= 15 is 0 Å². The van der Waals surface area contributed by atoms with Crippen LogP contribution in [0.5, 0.6) is 5.75 Å². The lowest BCUT2D eigenvalue weighted by Gasteiger charge is -2.69. The van der Waals surface area contributed by atoms with Gasteiger partial charge in [0.15, 0.2) is 10.8 Å². The number of aliphatic hydroxyl groups is 4. The highest BCUT2D eigenvalue weighted by molar-refractivity contribution is 7.22. The molecule has 9 amide bonds. The van der Waals surface area contributed by atoms with Crippen LogP contribution in [0.15, 0.2) is 121 Å². The third kappa shape index (κ3) is 18.6. The summed E-state index contributed by atoms with van der Waals surface area (Å²) in [6, 6.07) is 26.0. The van der Waals surface area contributed by atoms with Gasteiger partial charge < -0.3 is 76.4 Å². The zero-order valence-corrected chi connectivity index (χ0v) is 66.4. The number of amides is 9. The molecule has 7 aliphatic rings. The van der Waals surface area contributed by atoms with Crippen LogP contribution in [0.3, 0.4) is 0 Å². The van der Waals surface area contributed by atoms with Crippen molar-refractivity contribution in [1.29, 1.82) is 0 Å². The first-order valence-corrected chi connectivity index (χ1v) is 40.2. The van der Waals surface area contributed by atoms with Gasteiger partial charge in [-0.05, 0) is 183 Å². The van der Waals surface area contributed by atoms with E-state index in [4.69, 9.17) is 40.5 Å². The number of unbranched alkanes of at least 4 members (excludes halogenated alkanes) is 2. The molecule has 12 N–H and O–H groups in total. The Balaban J connectivity index is 0.676. The lowest BCUT2D eigenvalue weighted by Crippen LogP contribution is -2.64. The van der Waals surface area contributed by atoms with E-state index in [1.165, 1.54) is 40.5 Å². The largest absolute Gasteiger partial charge is 0.476 e. The summed E-state index contributed by atoms with van der Waals surface area (Å²) in [4.78, 5) is 135. The molecule has 3 aliphatic heterocycles. The van der Waals surface area contributed by atoms with E-state index in [9.17, 15) is 68.7 Å². The van der Waals surface area contributed by atoms with Gasteiger partial charge in [0.1, 0.15) is 54.7 Å². The Morgan fingerprint density at radius 2 is 1.52 bits per heavy atom. The van der Waals surface area contributed by atoms with Crippen molar-refractivity contribution in [3.8, 4) is 16.9 Å². The fourth-order valence-corrected chi connectivity index (χ4v) is 19.6. The standard InChI is InChI=1S/C84H101N13O18S/c1-49(2)68(91-65(99)18-7-6-10-33-95-66(100)29-30-67(95)101)74(106)88-61(16-12-32-85)75(107)97(78(86)110)54-23-19-52(20-24-54)41-112-80(111)94(38-51-21-25-55(26-22-51)114-77-72(104)71(103)70(102)62(40-98)115-77)35-36-113-84-45-81(4)42-82(5,46-84)44-83(43-81,47-84)48-96-50(3)58(37-87-96)56-27-28-64(90-69(56)76(108)109)93-34-31-53-13-11-14-57(59(53)39-93)73(105)92-79-89-60-15-8-9-17-63(60)116-79/h8-9,11,13-15,17,19-30,37,49,61-62,68,70-72,77,98,102-104H,6-7,10,12,16,18,31-36,38-48,85H2,1-5H3,(H2,86,110)(H,88,106)(H,91,99)(H,108,109)(H,89,92,105)/t61-,62+,68-,70+,71-,72+,77+,81?,82?,83?,84?/m0/s1. The van der Waals surface area contributed by atoms with E-state index in [1.807, 2.05) is 59.0 Å². The average molecular weight is 1610 g/mol. The number of nitrogens with one attached hydrogen (secondary N) is 3. The van der Waals surface area contributed by atoms with Gasteiger partial charge in [-0.2, -0.15) is 5.10 Å². The maximum atomic E-state index is 14.7. The van der Waals surface area contributed by atoms with Gasteiger partial charge in [-0.15, -0.1) is 0 Å². The van der Waals surface area contributed by atoms with Crippen molar-refractivity contribution in [3.05, 3.63) is 161 Å². The number of urea groups is 1. The Morgan fingerprint density at radius 3 is 2.21 bits per heavy atom. The van der Waals surface area contributed by atoms with Crippen molar-refractivity contribution in [2.45, 2.75) is 193 Å². The molecule has 4 bridgehead atoms. The second-order valence-corrected chi connectivity index (χ2v) is 33.8. The highest BCUT2D eigenvalue weighted by Crippen LogP contribution is 2.72. The summed E-state index contributed by atoms with van der Waals surface area (Å²) in [6.45, 7) is 11.1. The number of hydrogen-bond acceptors (Lipinski definition) is 23. The van der Waals surface area contributed by atoms with Gasteiger partial charge in [0.2, 0.25) is 18.1 Å². The molecule has 32 heteroatoms. The minimum atomic E-state index is -1.67. The lowest BCUT2D eigenvalue weighted by atomic mass is 9.39. The maximum Gasteiger partial charge on any atom is 0.410 e. The number of carboxylic acids is 1. The molecule has 9 atom stereocenters. The predicted molar refractivity (Wildman–Crippen MR) is 427 cm³/mol. The molecule has 616 valence electrons. The second-order valence-electron chi connectivity index (χ2n) is 32.8. The van der Waals surface area contributed by atoms with Gasteiger partial charge >= 0.3 is 18.1 Å². The van der Waals surface area contributed by atoms with E-state index in [1.54, 1.807) is 68.6 Å². The van der Waals surface area contributed by atoms with Crippen LogP contribution in [0.4, 0.5) is 26.2 Å². The number of pyridine rings is 1. The number of para-hydroxylation sites is 1. The molecule has 7 aromatic rings. The highest BCUT2D eigenvalue weighted by atomic mass is 32.1. The van der Waals surface area contributed by atoms with Crippen molar-refractivity contribution in [2.75, 3.05) is 54.5 Å². The number of primary amides is 1. The van der Waals surface area contributed by atoms with Crippen LogP contribution >= 0.6 is 11.3 Å². The monoisotopic (exact) mass is 1610 g/mol. The van der Waals surface area contributed by atoms with E-state index in [0.29, 0.717) is 90.5 Å². The summed E-state index contributed by atoms with van der Waals surface area (Å²) >= 11 is 1.40. The van der Waals surface area contributed by atoms with Crippen molar-refractivity contribution < 1.29 is 87.6 Å². The smallest absolute Gasteiger partial charge is 0.410 e. The number of rotatable bonds is 33. The number of aliphatic hydroxyl groups excluding tert-OH is 4. The molecule has 2 unspecified atom stereocenters. The topological polar surface area (TPSA) is 436 Å². The number of thiazole rings is 1. The average Bonchev–Trinajstić information content (AvgIpc) is 0.721. The maximum absolute atomic E-state index is 14.7. The molecular formula is C84H101N13O18S. The molecule has 5 fully saturated rings. The number of benzene rings is 4. The minimum absolute atomic E-state index is 0.00623. The third-order valence-corrected chi connectivity index (χ3v) is 24.1.